The Hall–Kier alpha value is -4.21. The molecule has 0 bridgehead atoms. The van der Waals surface area contributed by atoms with Crippen LogP contribution in [-0.2, 0) is 14.8 Å². The van der Waals surface area contributed by atoms with Gasteiger partial charge in [0.25, 0.3) is 15.9 Å². The van der Waals surface area contributed by atoms with E-state index in [2.05, 4.69) is 19.7 Å². The van der Waals surface area contributed by atoms with Gasteiger partial charge in [0.05, 0.1) is 6.42 Å². The number of pyridine rings is 1. The summed E-state index contributed by atoms with van der Waals surface area (Å²) in [6, 6.07) is 8.20. The largest absolute Gasteiger partial charge is 0.481 e. The van der Waals surface area contributed by atoms with E-state index >= 15 is 0 Å². The Kier molecular flexibility index (Phi) is 8.32. The average molecular weight is 596 g/mol. The van der Waals surface area contributed by atoms with Crippen LogP contribution in [0.2, 0.25) is 5.02 Å². The highest BCUT2D eigenvalue weighted by Crippen LogP contribution is 2.37. The highest BCUT2D eigenvalue weighted by molar-refractivity contribution is 7.93. The van der Waals surface area contributed by atoms with Crippen molar-refractivity contribution in [2.24, 2.45) is 0 Å². The Morgan fingerprint density at radius 2 is 1.85 bits per heavy atom. The van der Waals surface area contributed by atoms with E-state index in [0.29, 0.717) is 29.2 Å². The lowest BCUT2D eigenvalue weighted by molar-refractivity contribution is -0.136. The van der Waals surface area contributed by atoms with Crippen molar-refractivity contribution in [1.29, 1.82) is 0 Å². The van der Waals surface area contributed by atoms with Gasteiger partial charge in [-0.2, -0.15) is 4.37 Å². The first-order valence-corrected chi connectivity index (χ1v) is 13.4. The van der Waals surface area contributed by atoms with Crippen LogP contribution in [0, 0.1) is 11.6 Å². The Labute approximate surface area is 228 Å². The molecule has 4 aromatic rings. The van der Waals surface area contributed by atoms with Crippen molar-refractivity contribution in [2.45, 2.75) is 11.3 Å². The molecule has 0 atom stereocenters. The summed E-state index contributed by atoms with van der Waals surface area (Å²) in [4.78, 5) is 29.7. The lowest BCUT2D eigenvalue weighted by Crippen LogP contribution is -2.26. The quantitative estimate of drug-likeness (QED) is 0.242. The van der Waals surface area contributed by atoms with Crippen LogP contribution >= 0.6 is 23.1 Å². The molecule has 3 N–H and O–H groups in total. The minimum Gasteiger partial charge on any atom is -0.481 e. The number of aromatic nitrogens is 3. The number of aliphatic carboxylic acids is 1. The minimum absolute atomic E-state index is 0.00345. The van der Waals surface area contributed by atoms with E-state index in [1.165, 1.54) is 36.5 Å². The minimum atomic E-state index is -4.51. The number of carbonyl (C=O) groups excluding carboxylic acids is 1. The number of nitrogens with zero attached hydrogens (tertiary/aromatic N) is 3. The Morgan fingerprint density at radius 3 is 2.56 bits per heavy atom. The number of ether oxygens (including phenoxy) is 1. The molecule has 0 fully saturated rings. The molecule has 11 nitrogen and oxygen atoms in total. The normalized spacial score (nSPS) is 11.2. The number of nitrogens with one attached hydrogen (secondary N) is 2. The van der Waals surface area contributed by atoms with Gasteiger partial charge in [-0.1, -0.05) is 11.6 Å². The van der Waals surface area contributed by atoms with E-state index in [9.17, 15) is 26.8 Å². The smallest absolute Gasteiger partial charge is 0.305 e. The van der Waals surface area contributed by atoms with E-state index in [1.54, 1.807) is 0 Å². The van der Waals surface area contributed by atoms with Gasteiger partial charge in [-0.05, 0) is 35.9 Å². The van der Waals surface area contributed by atoms with Crippen LogP contribution in [0.25, 0.3) is 11.1 Å². The Balaban J connectivity index is 1.63. The van der Waals surface area contributed by atoms with Gasteiger partial charge < -0.3 is 15.2 Å². The van der Waals surface area contributed by atoms with Crippen molar-refractivity contribution < 1.29 is 36.6 Å². The lowest BCUT2D eigenvalue weighted by atomic mass is 10.0. The summed E-state index contributed by atoms with van der Waals surface area (Å²) in [5.74, 6) is -4.79. The fourth-order valence-electron chi connectivity index (χ4n) is 3.21. The van der Waals surface area contributed by atoms with E-state index < -0.39 is 44.2 Å². The molecule has 4 rings (SSSR count). The second-order valence-corrected chi connectivity index (χ2v) is 10.5. The van der Waals surface area contributed by atoms with E-state index in [0.717, 1.165) is 6.33 Å². The maximum Gasteiger partial charge on any atom is 0.305 e. The predicted molar refractivity (Wildman–Crippen MR) is 136 cm³/mol. The Bertz CT molecular complexity index is 1650. The van der Waals surface area contributed by atoms with Crippen molar-refractivity contribution in [3.8, 4) is 22.6 Å². The molecule has 0 spiro atoms. The van der Waals surface area contributed by atoms with E-state index in [1.807, 2.05) is 4.72 Å². The third kappa shape index (κ3) is 6.81. The van der Waals surface area contributed by atoms with Crippen LogP contribution in [0.4, 0.5) is 13.9 Å². The highest BCUT2D eigenvalue weighted by atomic mass is 35.5. The van der Waals surface area contributed by atoms with Crippen molar-refractivity contribution in [3.63, 3.8) is 0 Å². The van der Waals surface area contributed by atoms with Crippen LogP contribution in [0.3, 0.4) is 0 Å². The Morgan fingerprint density at radius 1 is 1.05 bits per heavy atom. The fraction of sp³-hybridized carbons (Fsp3) is 0.0870. The monoisotopic (exact) mass is 595 g/mol. The molecule has 2 aromatic carbocycles. The van der Waals surface area contributed by atoms with Gasteiger partial charge in [-0.15, -0.1) is 0 Å². The second kappa shape index (κ2) is 11.7. The molecule has 2 heterocycles. The first-order valence-electron chi connectivity index (χ1n) is 10.8. The summed E-state index contributed by atoms with van der Waals surface area (Å²) in [6.45, 7) is -0.113. The predicted octanol–water partition coefficient (Wildman–Crippen LogP) is 4.33. The number of sulfonamides is 1. The zero-order valence-corrected chi connectivity index (χ0v) is 21.8. The summed E-state index contributed by atoms with van der Waals surface area (Å²) in [5, 5.41) is 11.3. The lowest BCUT2D eigenvalue weighted by Gasteiger charge is -2.14. The number of amides is 1. The molecule has 0 saturated heterocycles. The molecule has 0 aliphatic heterocycles. The summed E-state index contributed by atoms with van der Waals surface area (Å²) in [5.41, 5.74) is 0.602. The zero-order valence-electron chi connectivity index (χ0n) is 19.4. The number of rotatable bonds is 10. The first kappa shape index (κ1) is 27.8. The third-order valence-electron chi connectivity index (χ3n) is 4.95. The molecule has 0 unspecified atom stereocenters. The van der Waals surface area contributed by atoms with Crippen molar-refractivity contribution in [2.75, 3.05) is 11.3 Å². The first-order chi connectivity index (χ1) is 18.5. The fourth-order valence-corrected chi connectivity index (χ4v) is 5.12. The van der Waals surface area contributed by atoms with Gasteiger partial charge in [0.15, 0.2) is 11.6 Å². The maximum atomic E-state index is 14.9. The molecule has 2 aromatic heterocycles. The molecule has 0 radical (unpaired) electrons. The average Bonchev–Trinajstić information content (AvgIpc) is 3.39. The van der Waals surface area contributed by atoms with E-state index in [4.69, 9.17) is 21.4 Å². The molecule has 1 amide bonds. The third-order valence-corrected chi connectivity index (χ3v) is 7.25. The number of carboxylic acid groups (broad SMARTS) is 1. The second-order valence-electron chi connectivity index (χ2n) is 7.64. The standard InChI is InChI=1S/C23H16ClF2N5O6S2/c24-13-1-2-18(14(8-13)12-3-5-27-17(7-12)22(34)28-6-4-21(32)33)37-19-9-16(26)20(10-15(19)25)39(35,36)31-23-29-11-30-38-23/h1-3,5,7-11H,4,6H2,(H,28,34)(H,32,33)(H,29,30,31). The summed E-state index contributed by atoms with van der Waals surface area (Å²) in [6.07, 6.45) is 2.13. The number of carboxylic acids is 1. The van der Waals surface area contributed by atoms with Crippen molar-refractivity contribution in [1.82, 2.24) is 19.7 Å². The van der Waals surface area contributed by atoms with Gasteiger partial charge in [-0.25, -0.2) is 22.2 Å². The van der Waals surface area contributed by atoms with Crippen molar-refractivity contribution >= 4 is 50.2 Å². The van der Waals surface area contributed by atoms with Gasteiger partial charge in [-0.3, -0.25) is 19.3 Å². The van der Waals surface area contributed by atoms with Gasteiger partial charge in [0.1, 0.15) is 28.5 Å². The molecule has 39 heavy (non-hydrogen) atoms. The molecule has 0 aliphatic rings. The van der Waals surface area contributed by atoms with E-state index in [-0.39, 0.29) is 40.1 Å². The van der Waals surface area contributed by atoms with Crippen LogP contribution in [0.15, 0.2) is 59.9 Å². The van der Waals surface area contributed by atoms with Crippen LogP contribution in [0.1, 0.15) is 16.9 Å². The van der Waals surface area contributed by atoms with Gasteiger partial charge in [0.2, 0.25) is 5.13 Å². The SMILES string of the molecule is O=C(O)CCNC(=O)c1cc(-c2cc(Cl)ccc2Oc2cc(F)c(S(=O)(=O)Nc3ncns3)cc2F)ccn1. The molecule has 0 aliphatic carbocycles. The van der Waals surface area contributed by atoms with Gasteiger partial charge in [0, 0.05) is 47.0 Å². The molecule has 0 saturated carbocycles. The number of benzene rings is 2. The highest BCUT2D eigenvalue weighted by Gasteiger charge is 2.24. The molecular formula is C23H16ClF2N5O6S2. The molecular weight excluding hydrogens is 580 g/mol. The number of carbonyl (C=O) groups is 2. The number of halogens is 3. The van der Waals surface area contributed by atoms with Crippen LogP contribution in [-0.4, -0.2) is 46.3 Å². The number of hydrogen-bond acceptors (Lipinski definition) is 9. The number of anilines is 1. The molecule has 16 heteroatoms. The summed E-state index contributed by atoms with van der Waals surface area (Å²) < 4.78 is 66.0. The number of hydrogen-bond donors (Lipinski definition) is 3. The summed E-state index contributed by atoms with van der Waals surface area (Å²) in [7, 11) is -4.51. The van der Waals surface area contributed by atoms with Crippen LogP contribution in [0.5, 0.6) is 11.5 Å². The van der Waals surface area contributed by atoms with Crippen LogP contribution < -0.4 is 14.8 Å². The zero-order chi connectivity index (χ0) is 28.2. The van der Waals surface area contributed by atoms with Crippen molar-refractivity contribution in [3.05, 3.63) is 77.3 Å². The summed E-state index contributed by atoms with van der Waals surface area (Å²) >= 11 is 6.84. The maximum absolute atomic E-state index is 14.9. The molecule has 202 valence electrons. The van der Waals surface area contributed by atoms with Gasteiger partial charge >= 0.3 is 5.97 Å². The topological polar surface area (TPSA) is 160 Å².